The van der Waals surface area contributed by atoms with Gasteiger partial charge in [-0.15, -0.1) is 0 Å². The van der Waals surface area contributed by atoms with Crippen molar-refractivity contribution in [2.45, 2.75) is 103 Å². The van der Waals surface area contributed by atoms with E-state index in [0.717, 1.165) is 18.3 Å². The lowest BCUT2D eigenvalue weighted by molar-refractivity contribution is 0.447. The zero-order valence-corrected chi connectivity index (χ0v) is 19.5. The first kappa shape index (κ1) is 20.9. The van der Waals surface area contributed by atoms with Gasteiger partial charge < -0.3 is 10.2 Å². The van der Waals surface area contributed by atoms with Crippen LogP contribution in [0.5, 0.6) is 0 Å². The molecule has 3 atom stereocenters. The van der Waals surface area contributed by atoms with Gasteiger partial charge in [-0.1, -0.05) is 38.3 Å². The van der Waals surface area contributed by atoms with Crippen molar-refractivity contribution in [3.05, 3.63) is 53.1 Å². The second kappa shape index (κ2) is 8.90. The normalized spacial score (nSPS) is 24.5. The lowest BCUT2D eigenvalue weighted by Crippen LogP contribution is -2.36. The molecule has 1 N–H and O–H groups in total. The Morgan fingerprint density at radius 2 is 1.84 bits per heavy atom. The molecule has 2 saturated carbocycles. The minimum Gasteiger partial charge on any atom is -0.357 e. The van der Waals surface area contributed by atoms with Crippen LogP contribution in [-0.2, 0) is 6.54 Å². The van der Waals surface area contributed by atoms with E-state index >= 15 is 0 Å². The van der Waals surface area contributed by atoms with Crippen molar-refractivity contribution >= 4 is 5.69 Å². The quantitative estimate of drug-likeness (QED) is 0.566. The molecule has 166 valence electrons. The second-order valence-electron chi connectivity index (χ2n) is 10.2. The Labute approximate surface area is 187 Å². The van der Waals surface area contributed by atoms with E-state index in [1.165, 1.54) is 73.7 Å². The van der Waals surface area contributed by atoms with Gasteiger partial charge in [0, 0.05) is 48.2 Å². The van der Waals surface area contributed by atoms with Crippen molar-refractivity contribution in [1.82, 2.24) is 15.3 Å². The second-order valence-corrected chi connectivity index (χ2v) is 10.2. The van der Waals surface area contributed by atoms with Crippen LogP contribution in [0, 0.1) is 12.8 Å². The van der Waals surface area contributed by atoms with Crippen LogP contribution in [0.2, 0.25) is 0 Å². The first-order valence-electron chi connectivity index (χ1n) is 12.6. The molecule has 5 rings (SSSR count). The minimum atomic E-state index is 0.271. The fourth-order valence-electron chi connectivity index (χ4n) is 5.89. The summed E-state index contributed by atoms with van der Waals surface area (Å²) < 4.78 is 0. The Kier molecular flexibility index (Phi) is 6.01. The van der Waals surface area contributed by atoms with Gasteiger partial charge in [0.25, 0.3) is 0 Å². The predicted octanol–water partition coefficient (Wildman–Crippen LogP) is 6.06. The van der Waals surface area contributed by atoms with Crippen LogP contribution in [-0.4, -0.2) is 22.1 Å². The summed E-state index contributed by atoms with van der Waals surface area (Å²) in [7, 11) is 0. The average Bonchev–Trinajstić information content (AvgIpc) is 3.41. The van der Waals surface area contributed by atoms with E-state index in [1.54, 1.807) is 0 Å². The van der Waals surface area contributed by atoms with Gasteiger partial charge in [-0.05, 0) is 69.1 Å². The van der Waals surface area contributed by atoms with Crippen molar-refractivity contribution in [2.24, 2.45) is 5.92 Å². The molecule has 2 fully saturated rings. The Morgan fingerprint density at radius 3 is 2.52 bits per heavy atom. The van der Waals surface area contributed by atoms with Gasteiger partial charge in [-0.2, -0.15) is 0 Å². The van der Waals surface area contributed by atoms with Crippen LogP contribution in [0.3, 0.4) is 0 Å². The highest BCUT2D eigenvalue weighted by Gasteiger charge is 2.44. The number of aromatic nitrogens is 2. The molecule has 4 nitrogen and oxygen atoms in total. The molecule has 3 unspecified atom stereocenters. The van der Waals surface area contributed by atoms with Crippen molar-refractivity contribution < 1.29 is 0 Å². The number of rotatable bonds is 8. The van der Waals surface area contributed by atoms with E-state index in [0.29, 0.717) is 18.0 Å². The number of benzene rings is 1. The molecule has 0 radical (unpaired) electrons. The summed E-state index contributed by atoms with van der Waals surface area (Å²) in [5.74, 6) is 2.37. The van der Waals surface area contributed by atoms with Crippen LogP contribution < -0.4 is 10.2 Å². The summed E-state index contributed by atoms with van der Waals surface area (Å²) in [5.41, 5.74) is 5.51. The zero-order chi connectivity index (χ0) is 21.4. The number of anilines is 1. The highest BCUT2D eigenvalue weighted by Crippen LogP contribution is 2.53. The van der Waals surface area contributed by atoms with Gasteiger partial charge in [0.05, 0.1) is 6.04 Å². The predicted molar refractivity (Wildman–Crippen MR) is 127 cm³/mol. The molecule has 4 heteroatoms. The van der Waals surface area contributed by atoms with Crippen LogP contribution in [0.15, 0.2) is 30.6 Å². The topological polar surface area (TPSA) is 41.1 Å². The van der Waals surface area contributed by atoms with E-state index in [2.05, 4.69) is 61.6 Å². The summed E-state index contributed by atoms with van der Waals surface area (Å²) in [4.78, 5) is 12.7. The molecule has 1 aliphatic heterocycles. The monoisotopic (exact) mass is 418 g/mol. The van der Waals surface area contributed by atoms with Gasteiger partial charge in [0.15, 0.2) is 5.82 Å². The van der Waals surface area contributed by atoms with Crippen molar-refractivity contribution in [3.8, 4) is 0 Å². The lowest BCUT2D eigenvalue weighted by Gasteiger charge is -2.34. The third-order valence-electron chi connectivity index (χ3n) is 7.81. The third kappa shape index (κ3) is 4.24. The molecule has 2 aromatic rings. The highest BCUT2D eigenvalue weighted by atomic mass is 15.2. The SMILES string of the molecule is CCCC1c2ccc(C)cc2N(C2CCCC2)C1c1ncc(CNC(C)C2CC2)cn1. The first-order valence-corrected chi connectivity index (χ1v) is 12.6. The molecule has 0 bridgehead atoms. The number of hydrogen-bond acceptors (Lipinski definition) is 4. The van der Waals surface area contributed by atoms with Crippen molar-refractivity contribution in [2.75, 3.05) is 4.90 Å². The van der Waals surface area contributed by atoms with Gasteiger partial charge in [-0.25, -0.2) is 9.97 Å². The molecule has 0 saturated heterocycles. The molecule has 1 aromatic heterocycles. The highest BCUT2D eigenvalue weighted by molar-refractivity contribution is 5.64. The standard InChI is InChI=1S/C27H38N4/c1-4-7-24-23-13-10-18(2)14-25(23)31(22-8-5-6-9-22)26(24)27-29-16-20(17-30-27)15-28-19(3)21-11-12-21/h10,13-14,16-17,19,21-22,24,26,28H,4-9,11-12,15H2,1-3H3. The number of aryl methyl sites for hydroxylation is 1. The smallest absolute Gasteiger partial charge is 0.151 e. The van der Waals surface area contributed by atoms with Gasteiger partial charge in [0.2, 0.25) is 0 Å². The zero-order valence-electron chi connectivity index (χ0n) is 19.5. The molecule has 1 aromatic carbocycles. The Balaban J connectivity index is 1.43. The van der Waals surface area contributed by atoms with E-state index in [9.17, 15) is 0 Å². The van der Waals surface area contributed by atoms with Gasteiger partial charge in [0.1, 0.15) is 0 Å². The molecule has 2 heterocycles. The molecular formula is C27H38N4. The van der Waals surface area contributed by atoms with E-state index in [4.69, 9.17) is 9.97 Å². The number of nitrogens with one attached hydrogen (secondary N) is 1. The van der Waals surface area contributed by atoms with Crippen molar-refractivity contribution in [1.29, 1.82) is 0 Å². The maximum absolute atomic E-state index is 4.97. The molecule has 0 spiro atoms. The summed E-state index contributed by atoms with van der Waals surface area (Å²) in [6, 6.07) is 8.56. The summed E-state index contributed by atoms with van der Waals surface area (Å²) >= 11 is 0. The average molecular weight is 419 g/mol. The minimum absolute atomic E-state index is 0.271. The number of fused-ring (bicyclic) bond motifs is 1. The molecule has 2 aliphatic carbocycles. The fourth-order valence-corrected chi connectivity index (χ4v) is 5.89. The molecule has 3 aliphatic rings. The van der Waals surface area contributed by atoms with Crippen LogP contribution in [0.25, 0.3) is 0 Å². The largest absolute Gasteiger partial charge is 0.357 e. The van der Waals surface area contributed by atoms with E-state index in [1.807, 2.05) is 0 Å². The summed E-state index contributed by atoms with van der Waals surface area (Å²) in [6.45, 7) is 7.70. The Hall–Kier alpha value is -1.94. The Morgan fingerprint density at radius 1 is 1.10 bits per heavy atom. The molecule has 31 heavy (non-hydrogen) atoms. The van der Waals surface area contributed by atoms with Crippen LogP contribution in [0.4, 0.5) is 5.69 Å². The lowest BCUT2D eigenvalue weighted by atomic mass is 9.89. The first-order chi connectivity index (χ1) is 15.2. The van der Waals surface area contributed by atoms with E-state index < -0.39 is 0 Å². The molecular weight excluding hydrogens is 380 g/mol. The number of nitrogens with zero attached hydrogens (tertiary/aromatic N) is 3. The van der Waals surface area contributed by atoms with Gasteiger partial charge in [-0.3, -0.25) is 0 Å². The van der Waals surface area contributed by atoms with Crippen molar-refractivity contribution in [3.63, 3.8) is 0 Å². The van der Waals surface area contributed by atoms with Gasteiger partial charge >= 0.3 is 0 Å². The third-order valence-corrected chi connectivity index (χ3v) is 7.81. The summed E-state index contributed by atoms with van der Waals surface area (Å²) in [5, 5.41) is 3.66. The number of hydrogen-bond donors (Lipinski definition) is 1. The molecule has 0 amide bonds. The van der Waals surface area contributed by atoms with E-state index in [-0.39, 0.29) is 6.04 Å². The fraction of sp³-hybridized carbons (Fsp3) is 0.630. The maximum Gasteiger partial charge on any atom is 0.151 e. The van der Waals surface area contributed by atoms with Crippen LogP contribution in [0.1, 0.15) is 99.7 Å². The Bertz CT molecular complexity index is 883. The maximum atomic E-state index is 4.97. The summed E-state index contributed by atoms with van der Waals surface area (Å²) in [6.07, 6.45) is 14.5. The van der Waals surface area contributed by atoms with Crippen LogP contribution >= 0.6 is 0 Å².